The lowest BCUT2D eigenvalue weighted by Gasteiger charge is -2.18. The van der Waals surface area contributed by atoms with Crippen molar-refractivity contribution in [2.24, 2.45) is 5.73 Å². The molecule has 9 heteroatoms. The summed E-state index contributed by atoms with van der Waals surface area (Å²) in [6.07, 6.45) is 1.58. The summed E-state index contributed by atoms with van der Waals surface area (Å²) in [6, 6.07) is 8.98. The normalized spacial score (nSPS) is 10.6. The summed E-state index contributed by atoms with van der Waals surface area (Å²) in [5, 5.41) is 15.5. The number of pyridine rings is 1. The molecule has 2 aromatic carbocycles. The van der Waals surface area contributed by atoms with E-state index in [0.717, 1.165) is 11.1 Å². The Morgan fingerprint density at radius 1 is 1.16 bits per heavy atom. The summed E-state index contributed by atoms with van der Waals surface area (Å²) in [4.78, 5) is 28.6. The lowest BCUT2D eigenvalue weighted by Crippen LogP contribution is -2.28. The average Bonchev–Trinajstić information content (AvgIpc) is 2.79. The van der Waals surface area contributed by atoms with E-state index in [0.29, 0.717) is 33.8 Å². The molecular formula is C23H26N4O5. The molecule has 0 spiro atoms. The van der Waals surface area contributed by atoms with Crippen molar-refractivity contribution in [2.45, 2.75) is 13.3 Å². The standard InChI is InChI=1S/C23H26N4O5/c1-13-14(9-21(29)25-7-8-28)5-4-6-17(13)27-22-15-10-19(31-2)20(32-3)11-18(15)26-12-16(22)23(24)30/h4-6,10-12,28H,7-9H2,1-3H3,(H2,24,30)(H,25,29)(H,26,27). The van der Waals surface area contributed by atoms with Crippen molar-refractivity contribution in [2.75, 3.05) is 32.7 Å². The Balaban J connectivity index is 2.08. The van der Waals surface area contributed by atoms with Crippen LogP contribution in [0, 0.1) is 6.92 Å². The van der Waals surface area contributed by atoms with E-state index >= 15 is 0 Å². The van der Waals surface area contributed by atoms with Gasteiger partial charge in [-0.3, -0.25) is 14.6 Å². The number of amides is 2. The highest BCUT2D eigenvalue weighted by molar-refractivity contribution is 6.08. The van der Waals surface area contributed by atoms with Gasteiger partial charge in [-0.05, 0) is 30.2 Å². The van der Waals surface area contributed by atoms with Gasteiger partial charge >= 0.3 is 0 Å². The maximum atomic E-state index is 12.1. The number of carbonyl (C=O) groups excluding carboxylic acids is 2. The monoisotopic (exact) mass is 438 g/mol. The number of hydrogen-bond donors (Lipinski definition) is 4. The quantitative estimate of drug-likeness (QED) is 0.401. The van der Waals surface area contributed by atoms with Gasteiger partial charge in [0.25, 0.3) is 5.91 Å². The second-order valence-corrected chi connectivity index (χ2v) is 7.10. The molecule has 168 valence electrons. The minimum absolute atomic E-state index is 0.119. The van der Waals surface area contributed by atoms with E-state index in [9.17, 15) is 9.59 Å². The topological polar surface area (TPSA) is 136 Å². The second kappa shape index (κ2) is 9.97. The molecule has 9 nitrogen and oxygen atoms in total. The molecule has 32 heavy (non-hydrogen) atoms. The molecule has 0 bridgehead atoms. The van der Waals surface area contributed by atoms with Gasteiger partial charge in [-0.1, -0.05) is 12.1 Å². The summed E-state index contributed by atoms with van der Waals surface area (Å²) in [5.41, 5.74) is 9.27. The van der Waals surface area contributed by atoms with Crippen LogP contribution in [0.15, 0.2) is 36.5 Å². The Bertz CT molecular complexity index is 1160. The summed E-state index contributed by atoms with van der Waals surface area (Å²) in [7, 11) is 3.06. The number of methoxy groups -OCH3 is 2. The van der Waals surface area contributed by atoms with Crippen LogP contribution >= 0.6 is 0 Å². The number of aliphatic hydroxyl groups is 1. The molecule has 0 atom stereocenters. The third-order valence-corrected chi connectivity index (χ3v) is 5.13. The number of nitrogens with two attached hydrogens (primary N) is 1. The smallest absolute Gasteiger partial charge is 0.252 e. The van der Waals surface area contributed by atoms with Crippen LogP contribution in [-0.4, -0.2) is 49.3 Å². The molecule has 0 unspecified atom stereocenters. The summed E-state index contributed by atoms with van der Waals surface area (Å²) in [5.74, 6) is 0.173. The van der Waals surface area contributed by atoms with E-state index in [1.807, 2.05) is 25.1 Å². The van der Waals surface area contributed by atoms with E-state index < -0.39 is 5.91 Å². The molecule has 0 aliphatic carbocycles. The van der Waals surface area contributed by atoms with Crippen LogP contribution < -0.4 is 25.8 Å². The number of rotatable bonds is 9. The van der Waals surface area contributed by atoms with Crippen LogP contribution in [-0.2, 0) is 11.2 Å². The van der Waals surface area contributed by atoms with Crippen LogP contribution in [0.3, 0.4) is 0 Å². The predicted molar refractivity (Wildman–Crippen MR) is 122 cm³/mol. The summed E-state index contributed by atoms with van der Waals surface area (Å²) < 4.78 is 10.8. The zero-order chi connectivity index (χ0) is 23.3. The fraction of sp³-hybridized carbons (Fsp3) is 0.261. The van der Waals surface area contributed by atoms with Crippen molar-refractivity contribution >= 4 is 34.1 Å². The van der Waals surface area contributed by atoms with Gasteiger partial charge in [-0.15, -0.1) is 0 Å². The van der Waals surface area contributed by atoms with Crippen molar-refractivity contribution < 1.29 is 24.2 Å². The molecule has 0 fully saturated rings. The third kappa shape index (κ3) is 4.73. The number of fused-ring (bicyclic) bond motifs is 1. The Labute approximate surface area is 185 Å². The Kier molecular flexibility index (Phi) is 7.11. The van der Waals surface area contributed by atoms with Crippen LogP contribution in [0.25, 0.3) is 10.9 Å². The van der Waals surface area contributed by atoms with Gasteiger partial charge in [-0.25, -0.2) is 0 Å². The van der Waals surface area contributed by atoms with Crippen LogP contribution in [0.4, 0.5) is 11.4 Å². The van der Waals surface area contributed by atoms with Crippen LogP contribution in [0.5, 0.6) is 11.5 Å². The first kappa shape index (κ1) is 22.8. The summed E-state index contributed by atoms with van der Waals surface area (Å²) in [6.45, 7) is 1.96. The van der Waals surface area contributed by atoms with E-state index in [-0.39, 0.29) is 31.0 Å². The van der Waals surface area contributed by atoms with E-state index in [2.05, 4.69) is 15.6 Å². The zero-order valence-corrected chi connectivity index (χ0v) is 18.2. The molecule has 5 N–H and O–H groups in total. The molecule has 0 aliphatic heterocycles. The third-order valence-electron chi connectivity index (χ3n) is 5.13. The Morgan fingerprint density at radius 2 is 1.88 bits per heavy atom. The summed E-state index contributed by atoms with van der Waals surface area (Å²) >= 11 is 0. The van der Waals surface area contributed by atoms with Gasteiger partial charge in [0.15, 0.2) is 11.5 Å². The molecule has 3 rings (SSSR count). The average molecular weight is 438 g/mol. The molecule has 0 saturated heterocycles. The number of nitrogens with one attached hydrogen (secondary N) is 2. The molecular weight excluding hydrogens is 412 g/mol. The Morgan fingerprint density at radius 3 is 2.53 bits per heavy atom. The SMILES string of the molecule is COc1cc2ncc(C(N)=O)c(Nc3cccc(CC(=O)NCCO)c3C)c2cc1OC. The highest BCUT2D eigenvalue weighted by Crippen LogP contribution is 2.37. The number of hydrogen-bond acceptors (Lipinski definition) is 7. The van der Waals surface area contributed by atoms with Gasteiger partial charge in [0.05, 0.1) is 44.0 Å². The zero-order valence-electron chi connectivity index (χ0n) is 18.2. The van der Waals surface area contributed by atoms with Gasteiger partial charge in [0, 0.05) is 29.9 Å². The number of primary amides is 1. The maximum Gasteiger partial charge on any atom is 0.252 e. The number of aliphatic hydroxyl groups excluding tert-OH is 1. The highest BCUT2D eigenvalue weighted by Gasteiger charge is 2.18. The van der Waals surface area contributed by atoms with Gasteiger partial charge in [0.2, 0.25) is 5.91 Å². The minimum Gasteiger partial charge on any atom is -0.493 e. The number of benzene rings is 2. The number of nitrogens with zero attached hydrogens (tertiary/aromatic N) is 1. The first-order valence-electron chi connectivity index (χ1n) is 9.97. The maximum absolute atomic E-state index is 12.1. The number of anilines is 2. The molecule has 3 aromatic rings. The number of aromatic nitrogens is 1. The largest absolute Gasteiger partial charge is 0.493 e. The molecule has 1 heterocycles. The molecule has 0 radical (unpaired) electrons. The van der Waals surface area contributed by atoms with Crippen molar-refractivity contribution in [3.05, 3.63) is 53.2 Å². The number of ether oxygens (including phenoxy) is 2. The predicted octanol–water partition coefficient (Wildman–Crippen LogP) is 2.05. The first-order valence-corrected chi connectivity index (χ1v) is 9.97. The van der Waals surface area contributed by atoms with Crippen molar-refractivity contribution in [1.82, 2.24) is 10.3 Å². The van der Waals surface area contributed by atoms with Crippen molar-refractivity contribution in [3.63, 3.8) is 0 Å². The van der Waals surface area contributed by atoms with Gasteiger partial charge in [0.1, 0.15) is 0 Å². The first-order chi connectivity index (χ1) is 15.4. The van der Waals surface area contributed by atoms with Crippen LogP contribution in [0.1, 0.15) is 21.5 Å². The molecule has 2 amide bonds. The highest BCUT2D eigenvalue weighted by atomic mass is 16.5. The molecule has 1 aromatic heterocycles. The molecule has 0 aliphatic rings. The second-order valence-electron chi connectivity index (χ2n) is 7.10. The van der Waals surface area contributed by atoms with E-state index in [1.54, 1.807) is 12.1 Å². The van der Waals surface area contributed by atoms with E-state index in [4.69, 9.17) is 20.3 Å². The minimum atomic E-state index is -0.631. The fourth-order valence-corrected chi connectivity index (χ4v) is 3.42. The fourth-order valence-electron chi connectivity index (χ4n) is 3.42. The lowest BCUT2D eigenvalue weighted by atomic mass is 10.0. The lowest BCUT2D eigenvalue weighted by molar-refractivity contribution is -0.120. The van der Waals surface area contributed by atoms with Gasteiger partial charge < -0.3 is 30.9 Å². The van der Waals surface area contributed by atoms with Crippen molar-refractivity contribution in [1.29, 1.82) is 0 Å². The molecule has 0 saturated carbocycles. The number of carbonyl (C=O) groups is 2. The van der Waals surface area contributed by atoms with Crippen molar-refractivity contribution in [3.8, 4) is 11.5 Å². The van der Waals surface area contributed by atoms with E-state index in [1.165, 1.54) is 20.4 Å². The Hall–Kier alpha value is -3.85. The van der Waals surface area contributed by atoms with Gasteiger partial charge in [-0.2, -0.15) is 0 Å². The van der Waals surface area contributed by atoms with Crippen LogP contribution in [0.2, 0.25) is 0 Å².